The second-order valence-electron chi connectivity index (χ2n) is 4.63. The number of nitrogens with zero attached hydrogens (tertiary/aromatic N) is 2. The highest BCUT2D eigenvalue weighted by Crippen LogP contribution is 2.22. The minimum absolute atomic E-state index is 0.137. The maximum atomic E-state index is 11.8. The molecule has 0 aliphatic heterocycles. The molecular weight excluding hydrogens is 292 g/mol. The lowest BCUT2D eigenvalue weighted by Crippen LogP contribution is -2.25. The van der Waals surface area contributed by atoms with Crippen molar-refractivity contribution in [1.82, 2.24) is 9.78 Å². The molecule has 1 aromatic heterocycles. The van der Waals surface area contributed by atoms with Crippen LogP contribution in [-0.4, -0.2) is 15.7 Å². The van der Waals surface area contributed by atoms with Crippen LogP contribution < -0.4 is 16.6 Å². The van der Waals surface area contributed by atoms with Gasteiger partial charge in [-0.15, -0.1) is 0 Å². The highest BCUT2D eigenvalue weighted by atomic mass is 35.5. The number of aryl methyl sites for hydroxylation is 2. The van der Waals surface area contributed by atoms with Gasteiger partial charge in [-0.3, -0.25) is 9.59 Å². The molecule has 1 amide bonds. The van der Waals surface area contributed by atoms with E-state index in [1.165, 1.54) is 10.7 Å². The molecule has 0 saturated carbocycles. The third-order valence-electron chi connectivity index (χ3n) is 2.84. The van der Waals surface area contributed by atoms with Crippen LogP contribution in [0.5, 0.6) is 0 Å². The zero-order chi connectivity index (χ0) is 15.4. The summed E-state index contributed by atoms with van der Waals surface area (Å²) in [4.78, 5) is 23.5. The predicted octanol–water partition coefficient (Wildman–Crippen LogP) is 1.82. The Bertz CT molecular complexity index is 727. The summed E-state index contributed by atoms with van der Waals surface area (Å²) < 4.78 is 1.25. The van der Waals surface area contributed by atoms with Crippen molar-refractivity contribution in [2.75, 3.05) is 11.1 Å². The first-order valence-electron chi connectivity index (χ1n) is 6.34. The predicted molar refractivity (Wildman–Crippen MR) is 82.3 cm³/mol. The summed E-state index contributed by atoms with van der Waals surface area (Å²) in [6, 6.07) is 6.33. The molecule has 21 heavy (non-hydrogen) atoms. The lowest BCUT2D eigenvalue weighted by molar-refractivity contribution is -0.116. The maximum absolute atomic E-state index is 11.8. The molecule has 0 unspecified atom stereocenters. The number of hydrogen-bond donors (Lipinski definition) is 2. The zero-order valence-corrected chi connectivity index (χ0v) is 12.2. The summed E-state index contributed by atoms with van der Waals surface area (Å²) in [7, 11) is 0. The van der Waals surface area contributed by atoms with Gasteiger partial charge in [0.05, 0.1) is 23.5 Å². The molecule has 6 nitrogen and oxygen atoms in total. The van der Waals surface area contributed by atoms with Crippen LogP contribution in [0.1, 0.15) is 12.0 Å². The van der Waals surface area contributed by atoms with Crippen molar-refractivity contribution in [3.8, 4) is 0 Å². The smallest absolute Gasteiger partial charge is 0.266 e. The van der Waals surface area contributed by atoms with E-state index < -0.39 is 0 Å². The van der Waals surface area contributed by atoms with E-state index in [0.717, 1.165) is 5.56 Å². The van der Waals surface area contributed by atoms with Crippen molar-refractivity contribution in [2.45, 2.75) is 19.9 Å². The van der Waals surface area contributed by atoms with Crippen LogP contribution in [0.4, 0.5) is 11.4 Å². The highest BCUT2D eigenvalue weighted by molar-refractivity contribution is 6.33. The fraction of sp³-hybridized carbons (Fsp3) is 0.214. The van der Waals surface area contributed by atoms with Gasteiger partial charge in [-0.05, 0) is 30.7 Å². The van der Waals surface area contributed by atoms with Gasteiger partial charge >= 0.3 is 0 Å². The molecule has 0 aliphatic carbocycles. The van der Waals surface area contributed by atoms with Crippen molar-refractivity contribution < 1.29 is 4.79 Å². The average Bonchev–Trinajstić information content (AvgIpc) is 2.42. The van der Waals surface area contributed by atoms with Gasteiger partial charge in [0.1, 0.15) is 0 Å². The van der Waals surface area contributed by atoms with Gasteiger partial charge in [-0.25, -0.2) is 4.68 Å². The maximum Gasteiger partial charge on any atom is 0.266 e. The van der Waals surface area contributed by atoms with E-state index in [4.69, 9.17) is 17.3 Å². The Balaban J connectivity index is 1.95. The SMILES string of the molecule is Cc1cnn(CCC(=O)Nc2ccc(Cl)c(N)c2)c(=O)c1. The molecule has 0 atom stereocenters. The number of rotatable bonds is 4. The summed E-state index contributed by atoms with van der Waals surface area (Å²) in [6.45, 7) is 2.00. The number of amides is 1. The van der Waals surface area contributed by atoms with Crippen LogP contribution in [0, 0.1) is 6.92 Å². The van der Waals surface area contributed by atoms with Gasteiger partial charge in [0.2, 0.25) is 5.91 Å². The second-order valence-corrected chi connectivity index (χ2v) is 5.04. The summed E-state index contributed by atoms with van der Waals surface area (Å²) in [6.07, 6.45) is 1.72. The Kier molecular flexibility index (Phi) is 4.59. The minimum Gasteiger partial charge on any atom is -0.397 e. The van der Waals surface area contributed by atoms with E-state index in [1.807, 2.05) is 0 Å². The van der Waals surface area contributed by atoms with Crippen LogP contribution in [0.15, 0.2) is 35.3 Å². The number of nitrogen functional groups attached to an aromatic ring is 1. The average molecular weight is 307 g/mol. The van der Waals surface area contributed by atoms with Crippen LogP contribution in [0.25, 0.3) is 0 Å². The highest BCUT2D eigenvalue weighted by Gasteiger charge is 2.06. The van der Waals surface area contributed by atoms with Crippen molar-refractivity contribution >= 4 is 28.9 Å². The Labute approximate surface area is 126 Å². The van der Waals surface area contributed by atoms with Crippen molar-refractivity contribution in [1.29, 1.82) is 0 Å². The fourth-order valence-electron chi connectivity index (χ4n) is 1.74. The lowest BCUT2D eigenvalue weighted by Gasteiger charge is -2.07. The molecule has 0 radical (unpaired) electrons. The van der Waals surface area contributed by atoms with Crippen LogP contribution >= 0.6 is 11.6 Å². The quantitative estimate of drug-likeness (QED) is 0.843. The Morgan fingerprint density at radius 3 is 2.86 bits per heavy atom. The molecule has 3 N–H and O–H groups in total. The first-order chi connectivity index (χ1) is 9.95. The van der Waals surface area contributed by atoms with Gasteiger partial charge in [0.15, 0.2) is 0 Å². The number of benzene rings is 1. The number of nitrogens with one attached hydrogen (secondary N) is 1. The van der Waals surface area contributed by atoms with E-state index in [9.17, 15) is 9.59 Å². The molecule has 1 heterocycles. The van der Waals surface area contributed by atoms with Gasteiger partial charge in [0.25, 0.3) is 5.56 Å². The number of anilines is 2. The molecule has 0 bridgehead atoms. The first kappa shape index (κ1) is 15.1. The van der Waals surface area contributed by atoms with Crippen LogP contribution in [0.3, 0.4) is 0 Å². The molecule has 0 fully saturated rings. The van der Waals surface area contributed by atoms with Gasteiger partial charge in [-0.2, -0.15) is 5.10 Å². The Morgan fingerprint density at radius 2 is 2.19 bits per heavy atom. The second kappa shape index (κ2) is 6.41. The van der Waals surface area contributed by atoms with Crippen LogP contribution in [0.2, 0.25) is 5.02 Å². The van der Waals surface area contributed by atoms with E-state index >= 15 is 0 Å². The van der Waals surface area contributed by atoms with E-state index in [2.05, 4.69) is 10.4 Å². The molecule has 0 aliphatic rings. The first-order valence-corrected chi connectivity index (χ1v) is 6.72. The Hall–Kier alpha value is -2.34. The minimum atomic E-state index is -0.231. The Morgan fingerprint density at radius 1 is 1.43 bits per heavy atom. The molecular formula is C14H15ClN4O2. The monoisotopic (exact) mass is 306 g/mol. The number of carbonyl (C=O) groups is 1. The summed E-state index contributed by atoms with van der Waals surface area (Å²) in [5.41, 5.74) is 7.18. The summed E-state index contributed by atoms with van der Waals surface area (Å²) >= 11 is 5.80. The summed E-state index contributed by atoms with van der Waals surface area (Å²) in [5.74, 6) is -0.231. The van der Waals surface area contributed by atoms with Crippen molar-refractivity contribution in [2.24, 2.45) is 0 Å². The van der Waals surface area contributed by atoms with Crippen molar-refractivity contribution in [3.05, 3.63) is 51.4 Å². The standard InChI is InChI=1S/C14H15ClN4O2/c1-9-6-14(21)19(17-8-9)5-4-13(20)18-10-2-3-11(15)12(16)7-10/h2-3,6-8H,4-5,16H2,1H3,(H,18,20). The molecule has 110 valence electrons. The van der Waals surface area contributed by atoms with Gasteiger partial charge < -0.3 is 11.1 Å². The van der Waals surface area contributed by atoms with E-state index in [-0.39, 0.29) is 24.4 Å². The normalized spacial score (nSPS) is 10.4. The zero-order valence-electron chi connectivity index (χ0n) is 11.5. The largest absolute Gasteiger partial charge is 0.397 e. The number of aromatic nitrogens is 2. The van der Waals surface area contributed by atoms with E-state index in [1.54, 1.807) is 31.3 Å². The number of nitrogens with two attached hydrogens (primary N) is 1. The topological polar surface area (TPSA) is 90.0 Å². The number of halogens is 1. The number of carbonyl (C=O) groups excluding carboxylic acids is 1. The van der Waals surface area contributed by atoms with Gasteiger partial charge in [0, 0.05) is 18.2 Å². The molecule has 2 aromatic rings. The van der Waals surface area contributed by atoms with E-state index in [0.29, 0.717) is 16.4 Å². The third kappa shape index (κ3) is 4.06. The van der Waals surface area contributed by atoms with Gasteiger partial charge in [-0.1, -0.05) is 11.6 Å². The molecule has 2 rings (SSSR count). The fourth-order valence-corrected chi connectivity index (χ4v) is 1.86. The van der Waals surface area contributed by atoms with Crippen LogP contribution in [-0.2, 0) is 11.3 Å². The number of hydrogen-bond acceptors (Lipinski definition) is 4. The third-order valence-corrected chi connectivity index (χ3v) is 3.18. The molecule has 0 spiro atoms. The molecule has 7 heteroatoms. The molecule has 0 saturated heterocycles. The molecule has 1 aromatic carbocycles. The lowest BCUT2D eigenvalue weighted by atomic mass is 10.2. The summed E-state index contributed by atoms with van der Waals surface area (Å²) in [5, 5.41) is 7.09. The van der Waals surface area contributed by atoms with Crippen molar-refractivity contribution in [3.63, 3.8) is 0 Å².